The molecule has 0 bridgehead atoms. The van der Waals surface area contributed by atoms with Crippen LogP contribution < -0.4 is 10.9 Å². The SMILES string of the molecule is Cc1ccc(=O)n(CC(=O)Nc2ccc(I)cc2)n1. The quantitative estimate of drug-likeness (QED) is 0.840. The maximum Gasteiger partial charge on any atom is 0.267 e. The van der Waals surface area contributed by atoms with Crippen LogP contribution >= 0.6 is 22.6 Å². The van der Waals surface area contributed by atoms with Crippen LogP contribution in [-0.4, -0.2) is 15.7 Å². The summed E-state index contributed by atoms with van der Waals surface area (Å²) in [7, 11) is 0. The van der Waals surface area contributed by atoms with Crippen molar-refractivity contribution in [3.8, 4) is 0 Å². The van der Waals surface area contributed by atoms with Gasteiger partial charge in [-0.25, -0.2) is 4.68 Å². The van der Waals surface area contributed by atoms with Gasteiger partial charge < -0.3 is 5.32 Å². The molecule has 0 aliphatic heterocycles. The molecule has 0 unspecified atom stereocenters. The maximum absolute atomic E-state index is 11.8. The monoisotopic (exact) mass is 369 g/mol. The van der Waals surface area contributed by atoms with Gasteiger partial charge in [0.05, 0.1) is 5.69 Å². The molecule has 2 aromatic rings. The molecule has 1 aromatic carbocycles. The number of carbonyl (C=O) groups is 1. The molecule has 6 heteroatoms. The predicted molar refractivity (Wildman–Crippen MR) is 81.0 cm³/mol. The van der Waals surface area contributed by atoms with Gasteiger partial charge in [-0.1, -0.05) is 0 Å². The number of benzene rings is 1. The Kier molecular flexibility index (Phi) is 4.31. The molecular weight excluding hydrogens is 357 g/mol. The van der Waals surface area contributed by atoms with Crippen molar-refractivity contribution in [2.45, 2.75) is 13.5 Å². The van der Waals surface area contributed by atoms with Gasteiger partial charge >= 0.3 is 0 Å². The second-order valence-corrected chi connectivity index (χ2v) is 5.27. The van der Waals surface area contributed by atoms with Crippen LogP contribution in [0, 0.1) is 10.5 Å². The number of halogens is 1. The molecule has 2 rings (SSSR count). The first kappa shape index (κ1) is 13.7. The normalized spacial score (nSPS) is 10.2. The lowest BCUT2D eigenvalue weighted by atomic mass is 10.3. The van der Waals surface area contributed by atoms with Crippen LogP contribution in [0.3, 0.4) is 0 Å². The molecule has 0 atom stereocenters. The number of aryl methyl sites for hydroxylation is 1. The Morgan fingerprint density at radius 1 is 1.26 bits per heavy atom. The van der Waals surface area contributed by atoms with Crippen LogP contribution in [0.4, 0.5) is 5.69 Å². The summed E-state index contributed by atoms with van der Waals surface area (Å²) in [6.07, 6.45) is 0. The van der Waals surface area contributed by atoms with Gasteiger partial charge in [-0.3, -0.25) is 9.59 Å². The number of nitrogens with zero attached hydrogens (tertiary/aromatic N) is 2. The third-order valence-electron chi connectivity index (χ3n) is 2.42. The zero-order valence-electron chi connectivity index (χ0n) is 10.3. The first-order valence-electron chi connectivity index (χ1n) is 5.65. The smallest absolute Gasteiger partial charge is 0.267 e. The van der Waals surface area contributed by atoms with E-state index in [1.165, 1.54) is 6.07 Å². The van der Waals surface area contributed by atoms with E-state index in [9.17, 15) is 9.59 Å². The number of nitrogens with one attached hydrogen (secondary N) is 1. The van der Waals surface area contributed by atoms with E-state index in [1.54, 1.807) is 13.0 Å². The predicted octanol–water partition coefficient (Wildman–Crippen LogP) is 1.80. The van der Waals surface area contributed by atoms with E-state index in [0.29, 0.717) is 11.4 Å². The van der Waals surface area contributed by atoms with Gasteiger partial charge in [-0.05, 0) is 59.8 Å². The van der Waals surface area contributed by atoms with Crippen molar-refractivity contribution in [2.75, 3.05) is 5.32 Å². The second-order valence-electron chi connectivity index (χ2n) is 4.03. The molecule has 0 saturated heterocycles. The van der Waals surface area contributed by atoms with Gasteiger partial charge in [0.25, 0.3) is 5.56 Å². The summed E-state index contributed by atoms with van der Waals surface area (Å²) in [6.45, 7) is 1.68. The highest BCUT2D eigenvalue weighted by Gasteiger charge is 2.06. The standard InChI is InChI=1S/C13H12IN3O2/c1-9-2-7-13(19)17(16-9)8-12(18)15-11-5-3-10(14)4-6-11/h2-7H,8H2,1H3,(H,15,18). The molecule has 0 spiro atoms. The molecule has 19 heavy (non-hydrogen) atoms. The average Bonchev–Trinajstić information content (AvgIpc) is 2.37. The van der Waals surface area contributed by atoms with Gasteiger partial charge in [0.1, 0.15) is 6.54 Å². The summed E-state index contributed by atoms with van der Waals surface area (Å²) in [5.74, 6) is -0.276. The van der Waals surface area contributed by atoms with Crippen LogP contribution in [0.15, 0.2) is 41.2 Å². The van der Waals surface area contributed by atoms with E-state index >= 15 is 0 Å². The molecule has 1 aromatic heterocycles. The molecule has 1 amide bonds. The van der Waals surface area contributed by atoms with E-state index in [4.69, 9.17) is 0 Å². The lowest BCUT2D eigenvalue weighted by Crippen LogP contribution is -2.29. The van der Waals surface area contributed by atoms with Gasteiger partial charge in [-0.2, -0.15) is 5.10 Å². The summed E-state index contributed by atoms with van der Waals surface area (Å²) >= 11 is 2.19. The fourth-order valence-electron chi connectivity index (χ4n) is 1.53. The Bertz CT molecular complexity index is 650. The Balaban J connectivity index is 2.07. The largest absolute Gasteiger partial charge is 0.324 e. The minimum atomic E-state index is -0.289. The molecule has 0 fully saturated rings. The molecule has 0 aliphatic rings. The third-order valence-corrected chi connectivity index (χ3v) is 3.14. The Morgan fingerprint density at radius 3 is 2.63 bits per heavy atom. The molecule has 5 nitrogen and oxygen atoms in total. The second kappa shape index (κ2) is 5.96. The summed E-state index contributed by atoms with van der Waals surface area (Å²) < 4.78 is 2.24. The highest BCUT2D eigenvalue weighted by atomic mass is 127. The van der Waals surface area contributed by atoms with Gasteiger partial charge in [0.2, 0.25) is 5.91 Å². The van der Waals surface area contributed by atoms with Crippen molar-refractivity contribution in [3.05, 3.63) is 56.0 Å². The van der Waals surface area contributed by atoms with E-state index < -0.39 is 0 Å². The molecule has 0 aliphatic carbocycles. The maximum atomic E-state index is 11.8. The summed E-state index contributed by atoms with van der Waals surface area (Å²) in [6, 6.07) is 10.4. The molecule has 1 heterocycles. The van der Waals surface area contributed by atoms with E-state index in [-0.39, 0.29) is 18.0 Å². The summed E-state index contributed by atoms with van der Waals surface area (Å²) in [5, 5.41) is 6.73. The molecule has 98 valence electrons. The van der Waals surface area contributed by atoms with Crippen LogP contribution in [0.25, 0.3) is 0 Å². The van der Waals surface area contributed by atoms with Gasteiger partial charge in [0, 0.05) is 15.3 Å². The third kappa shape index (κ3) is 3.88. The number of rotatable bonds is 3. The van der Waals surface area contributed by atoms with Crippen LogP contribution in [0.2, 0.25) is 0 Å². The first-order chi connectivity index (χ1) is 9.04. The number of carbonyl (C=O) groups excluding carboxylic acids is 1. The van der Waals surface area contributed by atoms with Gasteiger partial charge in [0.15, 0.2) is 0 Å². The van der Waals surface area contributed by atoms with Crippen molar-refractivity contribution in [1.82, 2.24) is 9.78 Å². The zero-order valence-corrected chi connectivity index (χ0v) is 12.4. The van der Waals surface area contributed by atoms with Crippen molar-refractivity contribution in [3.63, 3.8) is 0 Å². The first-order valence-corrected chi connectivity index (χ1v) is 6.73. The molecule has 1 N–H and O–H groups in total. The average molecular weight is 369 g/mol. The number of hydrogen-bond acceptors (Lipinski definition) is 3. The minimum Gasteiger partial charge on any atom is -0.324 e. The van der Waals surface area contributed by atoms with Crippen molar-refractivity contribution >= 4 is 34.2 Å². The van der Waals surface area contributed by atoms with E-state index in [1.807, 2.05) is 24.3 Å². The fourth-order valence-corrected chi connectivity index (χ4v) is 1.89. The van der Waals surface area contributed by atoms with E-state index in [2.05, 4.69) is 33.0 Å². The number of amides is 1. The van der Waals surface area contributed by atoms with Gasteiger partial charge in [-0.15, -0.1) is 0 Å². The minimum absolute atomic E-state index is 0.0908. The van der Waals surface area contributed by atoms with E-state index in [0.717, 1.165) is 8.25 Å². The highest BCUT2D eigenvalue weighted by molar-refractivity contribution is 14.1. The zero-order chi connectivity index (χ0) is 13.8. The topological polar surface area (TPSA) is 64.0 Å². The molecular formula is C13H12IN3O2. The molecule has 0 saturated carbocycles. The number of hydrogen-bond donors (Lipinski definition) is 1. The Labute approximate surface area is 123 Å². The molecule has 0 radical (unpaired) electrons. The van der Waals surface area contributed by atoms with Crippen molar-refractivity contribution < 1.29 is 4.79 Å². The summed E-state index contributed by atoms with van der Waals surface area (Å²) in [4.78, 5) is 23.3. The highest BCUT2D eigenvalue weighted by Crippen LogP contribution is 2.10. The lowest BCUT2D eigenvalue weighted by Gasteiger charge is -2.07. The Hall–Kier alpha value is -1.70. The van der Waals surface area contributed by atoms with Crippen molar-refractivity contribution in [2.24, 2.45) is 0 Å². The van der Waals surface area contributed by atoms with Crippen molar-refractivity contribution in [1.29, 1.82) is 0 Å². The summed E-state index contributed by atoms with van der Waals surface area (Å²) in [5.41, 5.74) is 1.11. The number of aromatic nitrogens is 2. The Morgan fingerprint density at radius 2 is 1.95 bits per heavy atom. The van der Waals surface area contributed by atoms with Crippen LogP contribution in [0.1, 0.15) is 5.69 Å². The lowest BCUT2D eigenvalue weighted by molar-refractivity contribution is -0.117. The fraction of sp³-hybridized carbons (Fsp3) is 0.154. The van der Waals surface area contributed by atoms with Crippen LogP contribution in [0.5, 0.6) is 0 Å². The van der Waals surface area contributed by atoms with Crippen LogP contribution in [-0.2, 0) is 11.3 Å². The number of anilines is 1.